The number of ether oxygens (including phenoxy) is 1. The summed E-state index contributed by atoms with van der Waals surface area (Å²) in [4.78, 5) is 31.8. The van der Waals surface area contributed by atoms with Gasteiger partial charge in [-0.05, 0) is 31.5 Å². The number of nitrogens with one attached hydrogen (secondary N) is 1. The summed E-state index contributed by atoms with van der Waals surface area (Å²) in [5.41, 5.74) is 1.01. The lowest BCUT2D eigenvalue weighted by atomic mass is 10.1. The lowest BCUT2D eigenvalue weighted by Crippen LogP contribution is -3.00. The molecule has 0 saturated heterocycles. The average molecular weight is 527 g/mol. The molecule has 0 atom stereocenters. The van der Waals surface area contributed by atoms with Gasteiger partial charge in [0, 0.05) is 20.5 Å². The van der Waals surface area contributed by atoms with Gasteiger partial charge in [0.25, 0.3) is 5.56 Å². The predicted molar refractivity (Wildman–Crippen MR) is 113 cm³/mol. The second-order valence-corrected chi connectivity index (χ2v) is 7.73. The maximum atomic E-state index is 12.3. The molecule has 1 N–H and O–H groups in total. The van der Waals surface area contributed by atoms with Crippen molar-refractivity contribution in [1.82, 2.24) is 19.1 Å². The van der Waals surface area contributed by atoms with E-state index in [0.717, 1.165) is 40.0 Å². The number of aromatic amines is 1. The minimum absolute atomic E-state index is 0. The van der Waals surface area contributed by atoms with Crippen LogP contribution in [-0.4, -0.2) is 56.9 Å². The highest BCUT2D eigenvalue weighted by molar-refractivity contribution is 5.69. The Labute approximate surface area is 193 Å². The molecule has 3 aromatic rings. The zero-order chi connectivity index (χ0) is 21.2. The van der Waals surface area contributed by atoms with Crippen molar-refractivity contribution in [3.63, 3.8) is 0 Å². The zero-order valence-electron chi connectivity index (χ0n) is 18.2. The van der Waals surface area contributed by atoms with Gasteiger partial charge in [0.15, 0.2) is 5.65 Å². The minimum Gasteiger partial charge on any atom is -1.00 e. The minimum atomic E-state index is -0.386. The molecule has 0 bridgehead atoms. The molecule has 0 aliphatic carbocycles. The van der Waals surface area contributed by atoms with Crippen LogP contribution in [0.3, 0.4) is 0 Å². The summed E-state index contributed by atoms with van der Waals surface area (Å²) in [7, 11) is 5.32. The summed E-state index contributed by atoms with van der Waals surface area (Å²) in [6, 6.07) is 7.89. The molecule has 3 rings (SSSR count). The van der Waals surface area contributed by atoms with E-state index in [-0.39, 0.29) is 35.2 Å². The van der Waals surface area contributed by atoms with Crippen LogP contribution < -0.4 is 40.0 Å². The van der Waals surface area contributed by atoms with E-state index in [0.29, 0.717) is 30.0 Å². The lowest BCUT2D eigenvalue weighted by molar-refractivity contribution is -0.906. The Balaban J connectivity index is 0.00000320. The number of halogens is 1. The Morgan fingerprint density at radius 1 is 1.07 bits per heavy atom. The molecule has 2 aromatic heterocycles. The van der Waals surface area contributed by atoms with Gasteiger partial charge in [0.05, 0.1) is 20.1 Å². The molecule has 0 aliphatic rings. The van der Waals surface area contributed by atoms with E-state index in [9.17, 15) is 9.59 Å². The summed E-state index contributed by atoms with van der Waals surface area (Å²) in [6.07, 6.45) is 0.535. The molecule has 0 aliphatic heterocycles. The molecular weight excluding hydrogens is 497 g/mol. The number of quaternary nitrogens is 1. The van der Waals surface area contributed by atoms with Crippen molar-refractivity contribution in [2.75, 3.05) is 33.3 Å². The van der Waals surface area contributed by atoms with Gasteiger partial charge in [-0.2, -0.15) is 0 Å². The third-order valence-corrected chi connectivity index (χ3v) is 5.87. The van der Waals surface area contributed by atoms with Crippen molar-refractivity contribution in [3.8, 4) is 5.75 Å². The first-order valence-electron chi connectivity index (χ1n) is 9.98. The van der Waals surface area contributed by atoms with Crippen molar-refractivity contribution in [2.45, 2.75) is 20.3 Å². The topological polar surface area (TPSA) is 81.9 Å². The van der Waals surface area contributed by atoms with Gasteiger partial charge in [-0.3, -0.25) is 13.9 Å². The summed E-state index contributed by atoms with van der Waals surface area (Å²) in [6.45, 7) is 8.23. The fraction of sp³-hybridized carbons (Fsp3) is 0.476. The van der Waals surface area contributed by atoms with Gasteiger partial charge in [-0.25, -0.2) is 9.78 Å². The van der Waals surface area contributed by atoms with E-state index in [4.69, 9.17) is 4.74 Å². The van der Waals surface area contributed by atoms with Crippen LogP contribution in [-0.2, 0) is 20.5 Å². The molecule has 0 amide bonds. The largest absolute Gasteiger partial charge is 1.00 e. The van der Waals surface area contributed by atoms with Crippen LogP contribution in [0.5, 0.6) is 5.75 Å². The lowest BCUT2D eigenvalue weighted by Gasteiger charge is -2.31. The highest BCUT2D eigenvalue weighted by Gasteiger charge is 2.16. The average Bonchev–Trinajstić information content (AvgIpc) is 3.16. The molecule has 1 aromatic carbocycles. The fourth-order valence-corrected chi connectivity index (χ4v) is 3.28. The summed E-state index contributed by atoms with van der Waals surface area (Å²) in [5.74, 6) is 1.49. The molecule has 8 nitrogen and oxygen atoms in total. The molecule has 9 heteroatoms. The highest BCUT2D eigenvalue weighted by Crippen LogP contribution is 2.16. The van der Waals surface area contributed by atoms with E-state index in [2.05, 4.69) is 30.9 Å². The normalized spacial score (nSPS) is 11.5. The monoisotopic (exact) mass is 527 g/mol. The van der Waals surface area contributed by atoms with Crippen molar-refractivity contribution >= 4 is 11.2 Å². The number of nitrogens with zero attached hydrogens (tertiary/aromatic N) is 4. The Hall–Kier alpha value is -2.14. The van der Waals surface area contributed by atoms with Gasteiger partial charge in [0.2, 0.25) is 0 Å². The van der Waals surface area contributed by atoms with Crippen LogP contribution in [0.15, 0.2) is 33.9 Å². The first-order valence-corrected chi connectivity index (χ1v) is 9.98. The van der Waals surface area contributed by atoms with Crippen LogP contribution >= 0.6 is 0 Å². The molecule has 0 fully saturated rings. The van der Waals surface area contributed by atoms with E-state index >= 15 is 0 Å². The molecule has 0 radical (unpaired) electrons. The van der Waals surface area contributed by atoms with Gasteiger partial charge in [0.1, 0.15) is 30.2 Å². The molecular formula is C21H30IN5O3. The van der Waals surface area contributed by atoms with Crippen molar-refractivity contribution in [1.29, 1.82) is 0 Å². The SMILES string of the molecule is CC[N+](C)(CC)CCOc1ccc(Cc2nc3c([nH]2)c(=O)n(C)c(=O)n3C)cc1.[I-]. The van der Waals surface area contributed by atoms with Crippen LogP contribution in [0.4, 0.5) is 0 Å². The van der Waals surface area contributed by atoms with Crippen molar-refractivity contribution < 1.29 is 33.2 Å². The number of H-pyrrole nitrogens is 1. The summed E-state index contributed by atoms with van der Waals surface area (Å²) >= 11 is 0. The molecule has 30 heavy (non-hydrogen) atoms. The maximum absolute atomic E-state index is 12.3. The Morgan fingerprint density at radius 2 is 1.70 bits per heavy atom. The third kappa shape index (κ3) is 4.94. The van der Waals surface area contributed by atoms with Crippen LogP contribution in [0.25, 0.3) is 11.2 Å². The number of rotatable bonds is 8. The van der Waals surface area contributed by atoms with Gasteiger partial charge >= 0.3 is 5.69 Å². The predicted octanol–water partition coefficient (Wildman–Crippen LogP) is -1.58. The van der Waals surface area contributed by atoms with Gasteiger partial charge < -0.3 is 38.2 Å². The summed E-state index contributed by atoms with van der Waals surface area (Å²) < 4.78 is 9.35. The van der Waals surface area contributed by atoms with Crippen LogP contribution in [0.2, 0.25) is 0 Å². The van der Waals surface area contributed by atoms with Crippen molar-refractivity contribution in [3.05, 3.63) is 56.5 Å². The number of hydrogen-bond acceptors (Lipinski definition) is 4. The second-order valence-electron chi connectivity index (χ2n) is 7.73. The number of hydrogen-bond donors (Lipinski definition) is 1. The number of fused-ring (bicyclic) bond motifs is 1. The first-order chi connectivity index (χ1) is 13.8. The van der Waals surface area contributed by atoms with E-state index in [1.165, 1.54) is 11.6 Å². The number of likely N-dealkylation sites (N-methyl/N-ethyl adjacent to an activating group) is 1. The molecule has 0 unspecified atom stereocenters. The number of aromatic nitrogens is 4. The quantitative estimate of drug-likeness (QED) is 0.284. The Kier molecular flexibility index (Phi) is 7.87. The van der Waals surface area contributed by atoms with E-state index in [1.54, 1.807) is 7.05 Å². The molecule has 2 heterocycles. The van der Waals surface area contributed by atoms with E-state index in [1.807, 2.05) is 24.3 Å². The van der Waals surface area contributed by atoms with Gasteiger partial charge in [-0.15, -0.1) is 0 Å². The second kappa shape index (κ2) is 9.78. The number of imidazole rings is 1. The third-order valence-electron chi connectivity index (χ3n) is 5.87. The number of benzene rings is 1. The van der Waals surface area contributed by atoms with Gasteiger partial charge in [-0.1, -0.05) is 12.1 Å². The highest BCUT2D eigenvalue weighted by atomic mass is 127. The van der Waals surface area contributed by atoms with Crippen LogP contribution in [0, 0.1) is 0 Å². The smallest absolute Gasteiger partial charge is 0.332 e. The molecule has 164 valence electrons. The maximum Gasteiger partial charge on any atom is 0.332 e. The summed E-state index contributed by atoms with van der Waals surface area (Å²) in [5, 5.41) is 0. The van der Waals surface area contributed by atoms with Crippen LogP contribution in [0.1, 0.15) is 25.2 Å². The first kappa shape index (κ1) is 24.1. The molecule has 0 saturated carbocycles. The fourth-order valence-electron chi connectivity index (χ4n) is 3.28. The Bertz CT molecular complexity index is 1110. The standard InChI is InChI=1S/C21H29N5O3.HI/c1-6-26(5,7-2)12-13-29-16-10-8-15(9-11-16)14-17-22-18-19(23-17)24(3)21(28)25(4)20(18)27;/h8-11H,6-7,12-14H2,1-5H3;1H. The molecule has 0 spiro atoms. The Morgan fingerprint density at radius 3 is 2.30 bits per heavy atom. The van der Waals surface area contributed by atoms with E-state index < -0.39 is 0 Å². The zero-order valence-corrected chi connectivity index (χ0v) is 20.4. The van der Waals surface area contributed by atoms with Crippen molar-refractivity contribution in [2.24, 2.45) is 14.1 Å². The number of aryl methyl sites for hydroxylation is 1.